The summed E-state index contributed by atoms with van der Waals surface area (Å²) in [5, 5.41) is 7.91. The van der Waals surface area contributed by atoms with Crippen molar-refractivity contribution in [1.29, 1.82) is 0 Å². The Labute approximate surface area is 116 Å². The number of methoxy groups -OCH3 is 2. The Morgan fingerprint density at radius 3 is 2.90 bits per heavy atom. The third kappa shape index (κ3) is 3.18. The summed E-state index contributed by atoms with van der Waals surface area (Å²) < 4.78 is 11.4. The van der Waals surface area contributed by atoms with E-state index in [0.29, 0.717) is 25.3 Å². The monoisotopic (exact) mass is 276 g/mol. The molecule has 0 aliphatic rings. The summed E-state index contributed by atoms with van der Waals surface area (Å²) in [6.07, 6.45) is 3.99. The van der Waals surface area contributed by atoms with Gasteiger partial charge in [-0.05, 0) is 11.6 Å². The molecule has 0 atom stereocenters. The average Bonchev–Trinajstić information content (AvgIpc) is 2.88. The minimum Gasteiger partial charge on any atom is -0.464 e. The van der Waals surface area contributed by atoms with E-state index in [9.17, 15) is 4.79 Å². The van der Waals surface area contributed by atoms with Gasteiger partial charge in [0.2, 0.25) is 0 Å². The molecule has 0 saturated carbocycles. The first-order valence-electron chi connectivity index (χ1n) is 6.14. The number of hydrogen-bond acceptors (Lipinski definition) is 6. The molecule has 0 N–H and O–H groups in total. The first kappa shape index (κ1) is 14.1. The second-order valence-electron chi connectivity index (χ2n) is 4.14. The third-order valence-corrected chi connectivity index (χ3v) is 2.81. The fourth-order valence-corrected chi connectivity index (χ4v) is 1.83. The summed E-state index contributed by atoms with van der Waals surface area (Å²) in [7, 11) is 2.93. The van der Waals surface area contributed by atoms with E-state index in [1.54, 1.807) is 24.2 Å². The van der Waals surface area contributed by atoms with Gasteiger partial charge in [0, 0.05) is 25.9 Å². The van der Waals surface area contributed by atoms with Gasteiger partial charge in [-0.15, -0.1) is 5.10 Å². The zero-order valence-corrected chi connectivity index (χ0v) is 11.4. The molecule has 0 fully saturated rings. The molecular formula is C13H16N4O3. The summed E-state index contributed by atoms with van der Waals surface area (Å²) in [4.78, 5) is 15.7. The minimum absolute atomic E-state index is 0.230. The van der Waals surface area contributed by atoms with Crippen LogP contribution in [0, 0.1) is 0 Å². The summed E-state index contributed by atoms with van der Waals surface area (Å²) in [6.45, 7) is 0.974. The third-order valence-electron chi connectivity index (χ3n) is 2.81. The fourth-order valence-electron chi connectivity index (χ4n) is 1.83. The molecular weight excluding hydrogens is 260 g/mol. The highest BCUT2D eigenvalue weighted by Gasteiger charge is 2.20. The molecule has 0 amide bonds. The van der Waals surface area contributed by atoms with Gasteiger partial charge in [-0.2, -0.15) is 0 Å². The van der Waals surface area contributed by atoms with Gasteiger partial charge in [0.15, 0.2) is 5.69 Å². The molecule has 7 heteroatoms. The van der Waals surface area contributed by atoms with Crippen molar-refractivity contribution in [3.63, 3.8) is 0 Å². The highest BCUT2D eigenvalue weighted by atomic mass is 16.5. The number of pyridine rings is 1. The Morgan fingerprint density at radius 2 is 2.25 bits per heavy atom. The fraction of sp³-hybridized carbons (Fsp3) is 0.385. The van der Waals surface area contributed by atoms with Crippen LogP contribution in [0.1, 0.15) is 21.7 Å². The van der Waals surface area contributed by atoms with E-state index in [-0.39, 0.29) is 5.69 Å². The van der Waals surface area contributed by atoms with Crippen molar-refractivity contribution in [2.75, 3.05) is 20.8 Å². The Bertz CT molecular complexity index is 568. The van der Waals surface area contributed by atoms with Crippen LogP contribution in [0.4, 0.5) is 0 Å². The van der Waals surface area contributed by atoms with Crippen LogP contribution in [0.5, 0.6) is 0 Å². The number of esters is 1. The van der Waals surface area contributed by atoms with Gasteiger partial charge in [0.25, 0.3) is 0 Å². The molecule has 0 unspecified atom stereocenters. The molecule has 2 heterocycles. The molecule has 0 aliphatic heterocycles. The second kappa shape index (κ2) is 6.76. The quantitative estimate of drug-likeness (QED) is 0.722. The molecule has 2 rings (SSSR count). The number of rotatable bonds is 6. The number of carbonyl (C=O) groups is 1. The van der Waals surface area contributed by atoms with Gasteiger partial charge in [-0.1, -0.05) is 11.3 Å². The highest BCUT2D eigenvalue weighted by molar-refractivity contribution is 5.88. The van der Waals surface area contributed by atoms with E-state index in [2.05, 4.69) is 15.3 Å². The summed E-state index contributed by atoms with van der Waals surface area (Å²) >= 11 is 0. The van der Waals surface area contributed by atoms with Gasteiger partial charge in [0.05, 0.1) is 26.0 Å². The molecule has 7 nitrogen and oxygen atoms in total. The van der Waals surface area contributed by atoms with Crippen LogP contribution in [-0.4, -0.2) is 46.8 Å². The van der Waals surface area contributed by atoms with Crippen molar-refractivity contribution in [1.82, 2.24) is 20.0 Å². The van der Waals surface area contributed by atoms with Crippen molar-refractivity contribution >= 4 is 5.97 Å². The molecule has 0 radical (unpaired) electrons. The molecule has 2 aromatic heterocycles. The largest absolute Gasteiger partial charge is 0.464 e. The van der Waals surface area contributed by atoms with Crippen molar-refractivity contribution in [2.45, 2.75) is 13.0 Å². The van der Waals surface area contributed by atoms with Crippen LogP contribution in [0.2, 0.25) is 0 Å². The Kier molecular flexibility index (Phi) is 4.78. The van der Waals surface area contributed by atoms with E-state index < -0.39 is 5.97 Å². The van der Waals surface area contributed by atoms with Gasteiger partial charge >= 0.3 is 5.97 Å². The van der Waals surface area contributed by atoms with Gasteiger partial charge in [-0.3, -0.25) is 4.98 Å². The lowest BCUT2D eigenvalue weighted by molar-refractivity contribution is 0.0592. The van der Waals surface area contributed by atoms with Crippen LogP contribution in [0.25, 0.3) is 0 Å². The Morgan fingerprint density at radius 1 is 1.40 bits per heavy atom. The number of nitrogens with zero attached hydrogens (tertiary/aromatic N) is 4. The van der Waals surface area contributed by atoms with Crippen LogP contribution in [-0.2, 0) is 22.4 Å². The Hall–Kier alpha value is -2.28. The summed E-state index contributed by atoms with van der Waals surface area (Å²) in [6, 6.07) is 3.79. The highest BCUT2D eigenvalue weighted by Crippen LogP contribution is 2.10. The standard InChI is InChI=1S/C13H16N4O3/c1-19-7-5-11-12(13(18)20-2)15-16-17(11)9-10-4-3-6-14-8-10/h3-4,6,8H,5,7,9H2,1-2H3. The molecule has 0 saturated heterocycles. The lowest BCUT2D eigenvalue weighted by Crippen LogP contribution is -2.12. The number of aromatic nitrogens is 4. The number of hydrogen-bond donors (Lipinski definition) is 0. The van der Waals surface area contributed by atoms with Crippen LogP contribution >= 0.6 is 0 Å². The van der Waals surface area contributed by atoms with E-state index in [0.717, 1.165) is 5.56 Å². The zero-order valence-electron chi connectivity index (χ0n) is 11.4. The first-order chi connectivity index (χ1) is 9.76. The lowest BCUT2D eigenvalue weighted by Gasteiger charge is -2.07. The van der Waals surface area contributed by atoms with E-state index in [4.69, 9.17) is 9.47 Å². The van der Waals surface area contributed by atoms with Crippen molar-refractivity contribution in [3.05, 3.63) is 41.5 Å². The molecule has 0 aromatic carbocycles. The summed E-state index contributed by atoms with van der Waals surface area (Å²) in [5.41, 5.74) is 1.91. The van der Waals surface area contributed by atoms with Gasteiger partial charge in [-0.25, -0.2) is 9.48 Å². The first-order valence-corrected chi connectivity index (χ1v) is 6.14. The van der Waals surface area contributed by atoms with E-state index in [1.807, 2.05) is 12.1 Å². The maximum absolute atomic E-state index is 11.7. The second-order valence-corrected chi connectivity index (χ2v) is 4.14. The maximum Gasteiger partial charge on any atom is 0.360 e. The maximum atomic E-state index is 11.7. The smallest absolute Gasteiger partial charge is 0.360 e. The summed E-state index contributed by atoms with van der Waals surface area (Å²) in [5.74, 6) is -0.492. The number of carbonyl (C=O) groups excluding carboxylic acids is 1. The molecule has 0 aliphatic carbocycles. The lowest BCUT2D eigenvalue weighted by atomic mass is 10.2. The van der Waals surface area contributed by atoms with Crippen molar-refractivity contribution in [2.24, 2.45) is 0 Å². The average molecular weight is 276 g/mol. The van der Waals surface area contributed by atoms with Gasteiger partial charge in [0.1, 0.15) is 0 Å². The van der Waals surface area contributed by atoms with Crippen molar-refractivity contribution < 1.29 is 14.3 Å². The zero-order chi connectivity index (χ0) is 14.4. The molecule has 106 valence electrons. The molecule has 0 bridgehead atoms. The Balaban J connectivity index is 2.27. The SMILES string of the molecule is COCCc1c(C(=O)OC)nnn1Cc1cccnc1. The minimum atomic E-state index is -0.492. The molecule has 2 aromatic rings. The normalized spacial score (nSPS) is 10.5. The molecule has 0 spiro atoms. The van der Waals surface area contributed by atoms with Crippen LogP contribution in [0.3, 0.4) is 0 Å². The van der Waals surface area contributed by atoms with Crippen molar-refractivity contribution in [3.8, 4) is 0 Å². The number of ether oxygens (including phenoxy) is 2. The van der Waals surface area contributed by atoms with E-state index >= 15 is 0 Å². The van der Waals surface area contributed by atoms with Gasteiger partial charge < -0.3 is 9.47 Å². The predicted octanol–water partition coefficient (Wildman–Crippen LogP) is 0.697. The topological polar surface area (TPSA) is 79.1 Å². The predicted molar refractivity (Wildman–Crippen MR) is 70.3 cm³/mol. The van der Waals surface area contributed by atoms with E-state index in [1.165, 1.54) is 7.11 Å². The van der Waals surface area contributed by atoms with Crippen LogP contribution < -0.4 is 0 Å². The molecule has 20 heavy (non-hydrogen) atoms. The van der Waals surface area contributed by atoms with Crippen LogP contribution in [0.15, 0.2) is 24.5 Å².